The van der Waals surface area contributed by atoms with E-state index < -0.39 is 15.7 Å². The molecule has 0 bridgehead atoms. The Labute approximate surface area is 205 Å². The highest BCUT2D eigenvalue weighted by molar-refractivity contribution is 7.90. The number of nitrogens with one attached hydrogen (secondary N) is 2. The number of carbonyl (C=O) groups is 1. The van der Waals surface area contributed by atoms with E-state index in [1.807, 2.05) is 24.8 Å². The summed E-state index contributed by atoms with van der Waals surface area (Å²) in [6.07, 6.45) is 4.15. The van der Waals surface area contributed by atoms with E-state index in [4.69, 9.17) is 0 Å². The molecule has 1 aliphatic rings. The van der Waals surface area contributed by atoms with Gasteiger partial charge in [0.1, 0.15) is 11.9 Å². The molecule has 1 aromatic carbocycles. The molecule has 0 radical (unpaired) electrons. The lowest BCUT2D eigenvalue weighted by Gasteiger charge is -2.29. The number of piperazine rings is 1. The molecule has 35 heavy (non-hydrogen) atoms. The zero-order chi connectivity index (χ0) is 25.6. The average molecular weight is 493 g/mol. The number of aryl methyl sites for hydroxylation is 1. The highest BCUT2D eigenvalue weighted by Gasteiger charge is 2.17. The van der Waals surface area contributed by atoms with Crippen molar-refractivity contribution in [1.82, 2.24) is 15.2 Å². The lowest BCUT2D eigenvalue weighted by atomic mass is 9.97. The summed E-state index contributed by atoms with van der Waals surface area (Å²) in [6.45, 7) is 10.5. The van der Waals surface area contributed by atoms with Crippen molar-refractivity contribution in [3.63, 3.8) is 0 Å². The topological polar surface area (TPSA) is 128 Å². The molecule has 9 nitrogen and oxygen atoms in total. The Morgan fingerprint density at radius 3 is 2.63 bits per heavy atom. The molecule has 3 rings (SSSR count). The minimum absolute atomic E-state index is 0.120. The Hall–Kier alpha value is -3.81. The molecule has 1 aromatic heterocycles. The van der Waals surface area contributed by atoms with Gasteiger partial charge in [-0.3, -0.25) is 4.79 Å². The Bertz CT molecular complexity index is 1350. The molecule has 1 saturated heterocycles. The molecule has 0 aliphatic carbocycles. The largest absolute Gasteiger partial charge is 0.353 e. The normalized spacial score (nSPS) is 15.1. The fraction of sp³-hybridized carbons (Fsp3) is 0.280. The number of nitriles is 1. The van der Waals surface area contributed by atoms with Gasteiger partial charge in [-0.25, -0.2) is 18.4 Å². The van der Waals surface area contributed by atoms with Gasteiger partial charge in [-0.05, 0) is 67.6 Å². The molecular formula is C25H28N6O3S. The van der Waals surface area contributed by atoms with Gasteiger partial charge >= 0.3 is 0 Å². The molecule has 0 saturated carbocycles. The van der Waals surface area contributed by atoms with Crippen LogP contribution in [-0.4, -0.2) is 63.4 Å². The smallest absolute Gasteiger partial charge is 0.255 e. The number of amides is 1. The van der Waals surface area contributed by atoms with E-state index in [-0.39, 0.29) is 5.03 Å². The fourth-order valence-electron chi connectivity index (χ4n) is 3.75. The molecule has 10 heteroatoms. The third-order valence-electron chi connectivity index (χ3n) is 5.59. The summed E-state index contributed by atoms with van der Waals surface area (Å²) in [5.41, 5.74) is 3.66. The van der Waals surface area contributed by atoms with E-state index in [1.165, 1.54) is 18.3 Å². The zero-order valence-electron chi connectivity index (χ0n) is 20.0. The summed E-state index contributed by atoms with van der Waals surface area (Å²) < 4.78 is 23.5. The van der Waals surface area contributed by atoms with E-state index in [2.05, 4.69) is 33.4 Å². The Morgan fingerprint density at radius 2 is 2.00 bits per heavy atom. The number of sulfone groups is 1. The second kappa shape index (κ2) is 11.1. The number of nitrogens with zero attached hydrogens (tertiary/aromatic N) is 4. The minimum atomic E-state index is -3.50. The monoisotopic (exact) mass is 492 g/mol. The number of hydrogen-bond donors (Lipinski definition) is 2. The van der Waals surface area contributed by atoms with Gasteiger partial charge < -0.3 is 15.5 Å². The predicted octanol–water partition coefficient (Wildman–Crippen LogP) is 2.79. The first kappa shape index (κ1) is 25.8. The molecule has 2 N–H and O–H groups in total. The van der Waals surface area contributed by atoms with Gasteiger partial charge in [0.25, 0.3) is 5.91 Å². The van der Waals surface area contributed by atoms with Crippen molar-refractivity contribution >= 4 is 33.7 Å². The number of benzene rings is 1. The highest BCUT2D eigenvalue weighted by Crippen LogP contribution is 2.24. The van der Waals surface area contributed by atoms with Gasteiger partial charge in [0.2, 0.25) is 0 Å². The fourth-order valence-corrected chi connectivity index (χ4v) is 4.35. The van der Waals surface area contributed by atoms with E-state index >= 15 is 0 Å². The molecule has 1 fully saturated rings. The summed E-state index contributed by atoms with van der Waals surface area (Å²) in [4.78, 5) is 22.9. The van der Waals surface area contributed by atoms with Crippen LogP contribution >= 0.6 is 0 Å². The third-order valence-corrected chi connectivity index (χ3v) is 6.57. The van der Waals surface area contributed by atoms with Crippen molar-refractivity contribution in [2.24, 2.45) is 4.99 Å². The number of pyridine rings is 1. The maximum absolute atomic E-state index is 12.9. The number of anilines is 1. The number of aliphatic imine (C=N–C) groups is 1. The summed E-state index contributed by atoms with van der Waals surface area (Å²) in [7, 11) is -3.50. The van der Waals surface area contributed by atoms with Crippen LogP contribution in [0.3, 0.4) is 0 Å². The molecule has 0 atom stereocenters. The van der Waals surface area contributed by atoms with Crippen LogP contribution < -0.4 is 10.6 Å². The zero-order valence-corrected chi connectivity index (χ0v) is 20.8. The Balaban J connectivity index is 1.91. The maximum atomic E-state index is 12.9. The number of carbonyl (C=O) groups excluding carboxylic acids is 1. The Kier molecular flexibility index (Phi) is 8.17. The minimum Gasteiger partial charge on any atom is -0.353 e. The van der Waals surface area contributed by atoms with Crippen molar-refractivity contribution < 1.29 is 13.2 Å². The molecule has 2 aromatic rings. The summed E-state index contributed by atoms with van der Waals surface area (Å²) in [6, 6.07) is 10.3. The van der Waals surface area contributed by atoms with Crippen LogP contribution in [0, 0.1) is 18.3 Å². The molecule has 0 unspecified atom stereocenters. The molecule has 1 aliphatic heterocycles. The maximum Gasteiger partial charge on any atom is 0.255 e. The van der Waals surface area contributed by atoms with Crippen molar-refractivity contribution in [3.8, 4) is 6.07 Å². The number of allylic oxidation sites excluding steroid dienone is 3. The quantitative estimate of drug-likeness (QED) is 0.346. The second-order valence-electron chi connectivity index (χ2n) is 8.21. The van der Waals surface area contributed by atoms with E-state index in [0.29, 0.717) is 22.6 Å². The molecule has 0 spiro atoms. The first-order valence-corrected chi connectivity index (χ1v) is 12.9. The van der Waals surface area contributed by atoms with E-state index in [9.17, 15) is 18.5 Å². The first-order valence-electron chi connectivity index (χ1n) is 11.0. The predicted molar refractivity (Wildman–Crippen MR) is 137 cm³/mol. The van der Waals surface area contributed by atoms with Crippen molar-refractivity contribution in [3.05, 3.63) is 70.7 Å². The van der Waals surface area contributed by atoms with Gasteiger partial charge in [-0.2, -0.15) is 5.26 Å². The molecule has 2 heterocycles. The van der Waals surface area contributed by atoms with Crippen LogP contribution in [0.5, 0.6) is 0 Å². The Morgan fingerprint density at radius 1 is 1.29 bits per heavy atom. The highest BCUT2D eigenvalue weighted by atomic mass is 32.2. The van der Waals surface area contributed by atoms with Crippen molar-refractivity contribution in [2.75, 3.05) is 37.8 Å². The molecule has 1 amide bonds. The molecule has 182 valence electrons. The summed E-state index contributed by atoms with van der Waals surface area (Å²) in [5.74, 6) is 0.147. The lowest BCUT2D eigenvalue weighted by molar-refractivity contribution is 0.102. The van der Waals surface area contributed by atoms with E-state index in [0.717, 1.165) is 49.1 Å². The van der Waals surface area contributed by atoms with Crippen molar-refractivity contribution in [1.29, 1.82) is 5.26 Å². The van der Waals surface area contributed by atoms with Gasteiger partial charge in [0.05, 0.1) is 5.57 Å². The summed E-state index contributed by atoms with van der Waals surface area (Å²) in [5, 5.41) is 15.7. The van der Waals surface area contributed by atoms with Crippen LogP contribution in [0.15, 0.2) is 64.0 Å². The second-order valence-corrected chi connectivity index (χ2v) is 10.2. The van der Waals surface area contributed by atoms with Crippen LogP contribution in [0.25, 0.3) is 5.57 Å². The number of aromatic nitrogens is 1. The SMILES string of the molecule is C=N/C(=C(C#N)\C=C(/C)c1cc(C(=O)Nc2ccnc(S(C)(=O)=O)c2)ccc1C)N1CCNCC1. The average Bonchev–Trinajstić information content (AvgIpc) is 2.84. The standard InChI is InChI=1S/C25H28N6O3S/c1-17-5-6-19(25(32)30-21-7-8-29-23(15-21)35(4,33)34)14-22(17)18(2)13-20(16-26)24(27-3)31-11-9-28-10-12-31/h5-8,13-15,28H,3,9-12H2,1-2,4H3,(H,29,30,32)/b18-13+,24-20-. The van der Waals surface area contributed by atoms with Crippen LogP contribution in [0.2, 0.25) is 0 Å². The van der Waals surface area contributed by atoms with E-state index in [1.54, 1.807) is 18.2 Å². The van der Waals surface area contributed by atoms with Gasteiger partial charge in [-0.1, -0.05) is 6.07 Å². The van der Waals surface area contributed by atoms with Crippen LogP contribution in [0.4, 0.5) is 5.69 Å². The number of rotatable bonds is 7. The van der Waals surface area contributed by atoms with Crippen LogP contribution in [0.1, 0.15) is 28.4 Å². The molecular weight excluding hydrogens is 464 g/mol. The summed E-state index contributed by atoms with van der Waals surface area (Å²) >= 11 is 0. The third kappa shape index (κ3) is 6.41. The van der Waals surface area contributed by atoms with Crippen LogP contribution in [-0.2, 0) is 9.84 Å². The van der Waals surface area contributed by atoms with Gasteiger partial charge in [0, 0.05) is 49.9 Å². The lowest BCUT2D eigenvalue weighted by Crippen LogP contribution is -2.42. The first-order chi connectivity index (χ1) is 16.6. The van der Waals surface area contributed by atoms with Crippen molar-refractivity contribution in [2.45, 2.75) is 18.9 Å². The number of hydrogen-bond acceptors (Lipinski definition) is 8. The van der Waals surface area contributed by atoms with Gasteiger partial charge in [0.15, 0.2) is 14.9 Å². The van der Waals surface area contributed by atoms with Gasteiger partial charge in [-0.15, -0.1) is 0 Å².